The highest BCUT2D eigenvalue weighted by Crippen LogP contribution is 2.21. The summed E-state index contributed by atoms with van der Waals surface area (Å²) < 4.78 is 13.2. The molecule has 0 saturated carbocycles. The number of hydrogen-bond donors (Lipinski definition) is 1. The number of benzene rings is 2. The lowest BCUT2D eigenvalue weighted by Gasteiger charge is -2.12. The minimum atomic E-state index is -0.563. The Kier molecular flexibility index (Phi) is 4.34. The Morgan fingerprint density at radius 1 is 1.00 bits per heavy atom. The van der Waals surface area contributed by atoms with Crippen LogP contribution in [0.15, 0.2) is 48.5 Å². The van der Waals surface area contributed by atoms with Crippen LogP contribution in [0.25, 0.3) is 0 Å². The maximum atomic E-state index is 13.2. The lowest BCUT2D eigenvalue weighted by atomic mass is 10.0. The van der Waals surface area contributed by atoms with E-state index in [1.165, 1.54) is 6.07 Å². The number of halogens is 2. The van der Waals surface area contributed by atoms with E-state index in [2.05, 4.69) is 0 Å². The Hall–Kier alpha value is -1.38. The summed E-state index contributed by atoms with van der Waals surface area (Å²) >= 11 is 5.85. The van der Waals surface area contributed by atoms with Crippen LogP contribution in [0.2, 0.25) is 5.02 Å². The van der Waals surface area contributed by atoms with Crippen LogP contribution in [0.3, 0.4) is 0 Å². The molecule has 2 aromatic carbocycles. The highest BCUT2D eigenvalue weighted by Gasteiger charge is 2.11. The Bertz CT molecular complexity index is 513. The van der Waals surface area contributed by atoms with Gasteiger partial charge in [0.1, 0.15) is 5.82 Å². The van der Waals surface area contributed by atoms with Crippen molar-refractivity contribution in [3.63, 3.8) is 0 Å². The van der Waals surface area contributed by atoms with Crippen LogP contribution < -0.4 is 0 Å². The largest absolute Gasteiger partial charge is 0.392 e. The molecule has 0 radical (unpaired) electrons. The number of aliphatic hydroxyl groups excluding tert-OH is 1. The highest BCUT2D eigenvalue weighted by atomic mass is 35.5. The van der Waals surface area contributed by atoms with Gasteiger partial charge in [-0.15, -0.1) is 0 Å². The Labute approximate surface area is 111 Å². The summed E-state index contributed by atoms with van der Waals surface area (Å²) in [5, 5.41) is 10.1. The van der Waals surface area contributed by atoms with Gasteiger partial charge >= 0.3 is 0 Å². The molecule has 0 aromatic heterocycles. The maximum Gasteiger partial charge on any atom is 0.142 e. The van der Waals surface area contributed by atoms with Crippen molar-refractivity contribution < 1.29 is 9.50 Å². The summed E-state index contributed by atoms with van der Waals surface area (Å²) in [5.41, 5.74) is 1.69. The van der Waals surface area contributed by atoms with E-state index >= 15 is 0 Å². The van der Waals surface area contributed by atoms with Gasteiger partial charge < -0.3 is 5.11 Å². The van der Waals surface area contributed by atoms with Gasteiger partial charge in [0.05, 0.1) is 11.1 Å². The molecule has 1 N–H and O–H groups in total. The van der Waals surface area contributed by atoms with Gasteiger partial charge in [-0.3, -0.25) is 0 Å². The van der Waals surface area contributed by atoms with Gasteiger partial charge in [-0.05, 0) is 23.6 Å². The fourth-order valence-electron chi connectivity index (χ4n) is 1.92. The van der Waals surface area contributed by atoms with E-state index in [1.54, 1.807) is 12.1 Å². The molecule has 18 heavy (non-hydrogen) atoms. The molecule has 0 aliphatic carbocycles. The van der Waals surface area contributed by atoms with Crippen molar-refractivity contribution in [2.45, 2.75) is 18.9 Å². The van der Waals surface area contributed by atoms with Gasteiger partial charge in [-0.1, -0.05) is 54.1 Å². The van der Waals surface area contributed by atoms with Crippen molar-refractivity contribution in [1.82, 2.24) is 0 Å². The quantitative estimate of drug-likeness (QED) is 0.894. The van der Waals surface area contributed by atoms with E-state index in [-0.39, 0.29) is 5.02 Å². The summed E-state index contributed by atoms with van der Waals surface area (Å²) in [5.74, 6) is -0.443. The molecule has 1 nitrogen and oxygen atoms in total. The van der Waals surface area contributed by atoms with E-state index in [4.69, 9.17) is 11.6 Å². The summed E-state index contributed by atoms with van der Waals surface area (Å²) in [7, 11) is 0. The predicted molar refractivity (Wildman–Crippen MR) is 71.3 cm³/mol. The van der Waals surface area contributed by atoms with Crippen LogP contribution in [0.5, 0.6) is 0 Å². The number of aliphatic hydroxyl groups is 1. The molecule has 2 aromatic rings. The lowest BCUT2D eigenvalue weighted by molar-refractivity contribution is 0.175. The van der Waals surface area contributed by atoms with Crippen LogP contribution in [0.1, 0.15) is 11.1 Å². The molecule has 2 rings (SSSR count). The van der Waals surface area contributed by atoms with E-state index in [9.17, 15) is 9.50 Å². The van der Waals surface area contributed by atoms with Crippen molar-refractivity contribution in [2.24, 2.45) is 0 Å². The summed E-state index contributed by atoms with van der Waals surface area (Å²) in [6.07, 6.45) is 0.325. The molecule has 0 spiro atoms. The molecular formula is C15H14ClFO. The molecule has 1 atom stereocenters. The zero-order valence-electron chi connectivity index (χ0n) is 9.81. The second-order valence-corrected chi connectivity index (χ2v) is 4.64. The van der Waals surface area contributed by atoms with Crippen LogP contribution in [-0.4, -0.2) is 11.2 Å². The topological polar surface area (TPSA) is 20.2 Å². The molecule has 0 fully saturated rings. The number of rotatable bonds is 4. The van der Waals surface area contributed by atoms with Gasteiger partial charge in [0.2, 0.25) is 0 Å². The Balaban J connectivity index is 2.03. The Morgan fingerprint density at radius 2 is 1.72 bits per heavy atom. The zero-order valence-corrected chi connectivity index (χ0v) is 10.6. The molecule has 0 amide bonds. The van der Waals surface area contributed by atoms with Crippen molar-refractivity contribution in [3.05, 3.63) is 70.5 Å². The minimum absolute atomic E-state index is 0.101. The van der Waals surface area contributed by atoms with Crippen LogP contribution in [0.4, 0.5) is 4.39 Å². The number of hydrogen-bond acceptors (Lipinski definition) is 1. The Morgan fingerprint density at radius 3 is 2.44 bits per heavy atom. The minimum Gasteiger partial charge on any atom is -0.392 e. The molecule has 1 unspecified atom stereocenters. The summed E-state index contributed by atoms with van der Waals surface area (Å²) in [6, 6.07) is 14.3. The third-order valence-electron chi connectivity index (χ3n) is 2.80. The first kappa shape index (κ1) is 13.1. The van der Waals surface area contributed by atoms with Crippen LogP contribution >= 0.6 is 11.6 Å². The van der Waals surface area contributed by atoms with E-state index in [1.807, 2.05) is 30.3 Å². The zero-order chi connectivity index (χ0) is 13.0. The normalized spacial score (nSPS) is 12.4. The predicted octanol–water partition coefficient (Wildman–Crippen LogP) is 3.63. The first-order valence-electron chi connectivity index (χ1n) is 5.81. The van der Waals surface area contributed by atoms with Gasteiger partial charge in [-0.25, -0.2) is 4.39 Å². The van der Waals surface area contributed by atoms with Crippen molar-refractivity contribution in [1.29, 1.82) is 0 Å². The average molecular weight is 265 g/mol. The smallest absolute Gasteiger partial charge is 0.142 e. The molecular weight excluding hydrogens is 251 g/mol. The fourth-order valence-corrected chi connectivity index (χ4v) is 2.12. The van der Waals surface area contributed by atoms with Gasteiger partial charge in [0.15, 0.2) is 0 Å². The first-order chi connectivity index (χ1) is 8.66. The summed E-state index contributed by atoms with van der Waals surface area (Å²) in [4.78, 5) is 0. The highest BCUT2D eigenvalue weighted by molar-refractivity contribution is 6.31. The van der Waals surface area contributed by atoms with E-state index < -0.39 is 11.9 Å². The average Bonchev–Trinajstić information content (AvgIpc) is 2.36. The third-order valence-corrected chi connectivity index (χ3v) is 3.22. The van der Waals surface area contributed by atoms with Crippen molar-refractivity contribution in [3.8, 4) is 0 Å². The van der Waals surface area contributed by atoms with Crippen LogP contribution in [-0.2, 0) is 12.8 Å². The first-order valence-corrected chi connectivity index (χ1v) is 6.19. The second kappa shape index (κ2) is 5.98. The van der Waals surface area contributed by atoms with Crippen molar-refractivity contribution >= 4 is 11.6 Å². The molecule has 94 valence electrons. The SMILES string of the molecule is OC(Cc1ccccc1)Cc1cccc(F)c1Cl. The molecule has 0 aliphatic heterocycles. The standard InChI is InChI=1S/C15H14ClFO/c16-15-12(7-4-8-14(15)17)10-13(18)9-11-5-2-1-3-6-11/h1-8,13,18H,9-10H2. The monoisotopic (exact) mass is 264 g/mol. The lowest BCUT2D eigenvalue weighted by Crippen LogP contribution is -2.14. The molecule has 0 aliphatic rings. The van der Waals surface area contributed by atoms with Gasteiger partial charge in [-0.2, -0.15) is 0 Å². The summed E-state index contributed by atoms with van der Waals surface area (Å²) in [6.45, 7) is 0. The van der Waals surface area contributed by atoms with E-state index in [0.29, 0.717) is 18.4 Å². The maximum absolute atomic E-state index is 13.2. The third kappa shape index (κ3) is 3.31. The molecule has 3 heteroatoms. The van der Waals surface area contributed by atoms with Gasteiger partial charge in [0.25, 0.3) is 0 Å². The fraction of sp³-hybridized carbons (Fsp3) is 0.200. The molecule has 0 heterocycles. The van der Waals surface area contributed by atoms with Gasteiger partial charge in [0, 0.05) is 6.42 Å². The van der Waals surface area contributed by atoms with E-state index in [0.717, 1.165) is 5.56 Å². The molecule has 0 saturated heterocycles. The van der Waals surface area contributed by atoms with Crippen molar-refractivity contribution in [2.75, 3.05) is 0 Å². The van der Waals surface area contributed by atoms with Crippen LogP contribution in [0, 0.1) is 5.82 Å². The molecule has 0 bridgehead atoms. The second-order valence-electron chi connectivity index (χ2n) is 4.26.